The zero-order chi connectivity index (χ0) is 19.0. The quantitative estimate of drug-likeness (QED) is 0.632. The Morgan fingerprint density at radius 2 is 2.00 bits per heavy atom. The number of methoxy groups -OCH3 is 1. The van der Waals surface area contributed by atoms with Crippen molar-refractivity contribution in [2.45, 2.75) is 33.3 Å². The molecule has 8 heteroatoms. The average Bonchev–Trinajstić information content (AvgIpc) is 2.50. The average molecular weight is 372 g/mol. The van der Waals surface area contributed by atoms with Crippen LogP contribution in [0.2, 0.25) is 0 Å². The normalized spacial score (nSPS) is 11.4. The van der Waals surface area contributed by atoms with Crippen molar-refractivity contribution < 1.29 is 22.7 Å². The first kappa shape index (κ1) is 21.2. The third-order valence-corrected chi connectivity index (χ3v) is 4.51. The van der Waals surface area contributed by atoms with Crippen molar-refractivity contribution in [3.8, 4) is 5.75 Å². The number of benzene rings is 1. The Kier molecular flexibility index (Phi) is 8.18. The van der Waals surface area contributed by atoms with Gasteiger partial charge in [0, 0.05) is 13.2 Å². The third kappa shape index (κ3) is 7.31. The van der Waals surface area contributed by atoms with Crippen LogP contribution in [0.25, 0.3) is 0 Å². The van der Waals surface area contributed by atoms with E-state index in [4.69, 9.17) is 9.47 Å². The fraction of sp³-hybridized carbons (Fsp3) is 0.588. The lowest BCUT2D eigenvalue weighted by atomic mass is 10.2. The summed E-state index contributed by atoms with van der Waals surface area (Å²) in [5.41, 5.74) is 1.22. The molecule has 0 saturated heterocycles. The lowest BCUT2D eigenvalue weighted by Gasteiger charge is -2.24. The fourth-order valence-corrected chi connectivity index (χ4v) is 3.03. The summed E-state index contributed by atoms with van der Waals surface area (Å²) >= 11 is 0. The molecular formula is C17H28N2O5S. The molecule has 25 heavy (non-hydrogen) atoms. The number of hydrogen-bond donors (Lipinski definition) is 1. The van der Waals surface area contributed by atoms with Crippen molar-refractivity contribution in [2.24, 2.45) is 0 Å². The van der Waals surface area contributed by atoms with E-state index in [1.54, 1.807) is 12.1 Å². The molecule has 0 atom stereocenters. The second kappa shape index (κ2) is 9.62. The molecule has 0 aliphatic carbocycles. The molecule has 0 saturated carbocycles. The zero-order valence-corrected chi connectivity index (χ0v) is 16.4. The monoisotopic (exact) mass is 372 g/mol. The fourth-order valence-electron chi connectivity index (χ4n) is 2.18. The Labute approximate surface area is 150 Å². The van der Waals surface area contributed by atoms with E-state index in [9.17, 15) is 13.2 Å². The van der Waals surface area contributed by atoms with E-state index in [1.165, 1.54) is 7.11 Å². The third-order valence-electron chi connectivity index (χ3n) is 3.39. The second-order valence-corrected chi connectivity index (χ2v) is 7.97. The maximum absolute atomic E-state index is 12.2. The van der Waals surface area contributed by atoms with E-state index in [-0.39, 0.29) is 18.6 Å². The van der Waals surface area contributed by atoms with Gasteiger partial charge in [-0.15, -0.1) is 0 Å². The molecule has 0 aliphatic heterocycles. The van der Waals surface area contributed by atoms with Gasteiger partial charge in [0.05, 0.1) is 25.2 Å². The highest BCUT2D eigenvalue weighted by molar-refractivity contribution is 7.92. The molecule has 1 rings (SSSR count). The second-order valence-electron chi connectivity index (χ2n) is 6.07. The van der Waals surface area contributed by atoms with Gasteiger partial charge in [0.15, 0.2) is 0 Å². The Bertz CT molecular complexity index is 674. The molecule has 0 aromatic heterocycles. The summed E-state index contributed by atoms with van der Waals surface area (Å²) in [6, 6.07) is 5.19. The van der Waals surface area contributed by atoms with Crippen molar-refractivity contribution in [1.82, 2.24) is 5.32 Å². The molecule has 0 radical (unpaired) electrons. The standard InChI is InChI=1S/C17H28N2O5S/c1-13(2)24-10-6-9-18-17(20)12-19(25(5,21)22)15-11-14(3)7-8-16(15)23-4/h7-8,11,13H,6,9-10,12H2,1-5H3,(H,18,20). The molecule has 0 unspecified atom stereocenters. The van der Waals surface area contributed by atoms with Crippen molar-refractivity contribution in [1.29, 1.82) is 0 Å². The molecule has 1 N–H and O–H groups in total. The molecule has 0 fully saturated rings. The molecule has 1 amide bonds. The number of ether oxygens (including phenoxy) is 2. The van der Waals surface area contributed by atoms with E-state index in [0.29, 0.717) is 31.0 Å². The summed E-state index contributed by atoms with van der Waals surface area (Å²) in [6.45, 7) is 6.39. The summed E-state index contributed by atoms with van der Waals surface area (Å²) in [5, 5.41) is 2.71. The van der Waals surface area contributed by atoms with E-state index < -0.39 is 10.0 Å². The number of anilines is 1. The smallest absolute Gasteiger partial charge is 0.240 e. The molecule has 0 heterocycles. The largest absolute Gasteiger partial charge is 0.495 e. The minimum absolute atomic E-state index is 0.144. The summed E-state index contributed by atoms with van der Waals surface area (Å²) in [6.07, 6.45) is 1.87. The van der Waals surface area contributed by atoms with Crippen molar-refractivity contribution in [3.05, 3.63) is 23.8 Å². The first-order valence-electron chi connectivity index (χ1n) is 8.15. The van der Waals surface area contributed by atoms with Gasteiger partial charge in [-0.2, -0.15) is 0 Å². The first-order valence-corrected chi connectivity index (χ1v) is 10.0. The van der Waals surface area contributed by atoms with E-state index >= 15 is 0 Å². The summed E-state index contributed by atoms with van der Waals surface area (Å²) in [5.74, 6) is 0.0210. The number of sulfonamides is 1. The highest BCUT2D eigenvalue weighted by Crippen LogP contribution is 2.30. The number of hydrogen-bond acceptors (Lipinski definition) is 5. The van der Waals surface area contributed by atoms with E-state index in [2.05, 4.69) is 5.32 Å². The molecule has 1 aromatic carbocycles. The van der Waals surface area contributed by atoms with Crippen LogP contribution in [0.15, 0.2) is 18.2 Å². The Hall–Kier alpha value is -1.80. The zero-order valence-electron chi connectivity index (χ0n) is 15.5. The molecular weight excluding hydrogens is 344 g/mol. The van der Waals surface area contributed by atoms with Gasteiger partial charge >= 0.3 is 0 Å². The summed E-state index contributed by atoms with van der Waals surface area (Å²) in [4.78, 5) is 12.2. The summed E-state index contributed by atoms with van der Waals surface area (Å²) in [7, 11) is -2.18. The van der Waals surface area contributed by atoms with E-state index in [0.717, 1.165) is 16.1 Å². The SMILES string of the molecule is COc1ccc(C)cc1N(CC(=O)NCCCOC(C)C)S(C)(=O)=O. The number of amides is 1. The van der Waals surface area contributed by atoms with Crippen molar-refractivity contribution in [2.75, 3.05) is 37.4 Å². The number of nitrogens with zero attached hydrogens (tertiary/aromatic N) is 1. The van der Waals surface area contributed by atoms with Gasteiger partial charge in [-0.3, -0.25) is 9.10 Å². The lowest BCUT2D eigenvalue weighted by molar-refractivity contribution is -0.119. The van der Waals surface area contributed by atoms with E-state index in [1.807, 2.05) is 26.8 Å². The van der Waals surface area contributed by atoms with Gasteiger partial charge in [-0.1, -0.05) is 6.07 Å². The van der Waals surface area contributed by atoms with Gasteiger partial charge in [-0.25, -0.2) is 8.42 Å². The molecule has 0 spiro atoms. The van der Waals surface area contributed by atoms with Crippen LogP contribution in [0.3, 0.4) is 0 Å². The summed E-state index contributed by atoms with van der Waals surface area (Å²) < 4.78 is 36.0. The van der Waals surface area contributed by atoms with Crippen LogP contribution >= 0.6 is 0 Å². The molecule has 1 aromatic rings. The molecule has 7 nitrogen and oxygen atoms in total. The highest BCUT2D eigenvalue weighted by atomic mass is 32.2. The number of carbonyl (C=O) groups is 1. The number of nitrogens with one attached hydrogen (secondary N) is 1. The molecule has 0 aliphatic rings. The lowest BCUT2D eigenvalue weighted by Crippen LogP contribution is -2.41. The van der Waals surface area contributed by atoms with Crippen molar-refractivity contribution >= 4 is 21.6 Å². The van der Waals surface area contributed by atoms with Gasteiger partial charge in [0.25, 0.3) is 0 Å². The molecule has 142 valence electrons. The Morgan fingerprint density at radius 3 is 2.56 bits per heavy atom. The van der Waals surface area contributed by atoms with Gasteiger partial charge in [-0.05, 0) is 44.9 Å². The molecule has 0 bridgehead atoms. The minimum atomic E-state index is -3.64. The van der Waals surface area contributed by atoms with Crippen LogP contribution in [0.1, 0.15) is 25.8 Å². The van der Waals surface area contributed by atoms with Crippen LogP contribution in [0, 0.1) is 6.92 Å². The van der Waals surface area contributed by atoms with Crippen LogP contribution < -0.4 is 14.4 Å². The highest BCUT2D eigenvalue weighted by Gasteiger charge is 2.24. The van der Waals surface area contributed by atoms with Gasteiger partial charge < -0.3 is 14.8 Å². The van der Waals surface area contributed by atoms with Gasteiger partial charge in [0.1, 0.15) is 12.3 Å². The predicted octanol–water partition coefficient (Wildman–Crippen LogP) is 1.70. The van der Waals surface area contributed by atoms with Gasteiger partial charge in [0.2, 0.25) is 15.9 Å². The first-order chi connectivity index (χ1) is 11.6. The number of carbonyl (C=O) groups excluding carboxylic acids is 1. The Balaban J connectivity index is 2.79. The van der Waals surface area contributed by atoms with Crippen molar-refractivity contribution in [3.63, 3.8) is 0 Å². The Morgan fingerprint density at radius 1 is 1.32 bits per heavy atom. The maximum atomic E-state index is 12.2. The van der Waals surface area contributed by atoms with Crippen LogP contribution in [0.5, 0.6) is 5.75 Å². The topological polar surface area (TPSA) is 84.9 Å². The maximum Gasteiger partial charge on any atom is 0.240 e. The van der Waals surface area contributed by atoms with Crippen LogP contribution in [0.4, 0.5) is 5.69 Å². The number of rotatable bonds is 10. The van der Waals surface area contributed by atoms with Crippen LogP contribution in [-0.2, 0) is 19.6 Å². The predicted molar refractivity (Wildman–Crippen MR) is 98.6 cm³/mol. The number of aryl methyl sites for hydroxylation is 1. The minimum Gasteiger partial charge on any atom is -0.495 e. The van der Waals surface area contributed by atoms with Crippen LogP contribution in [-0.4, -0.2) is 53.5 Å².